The Hall–Kier alpha value is -2.10. The van der Waals surface area contributed by atoms with Crippen molar-refractivity contribution in [1.82, 2.24) is 16.0 Å². The maximum absolute atomic E-state index is 13.7. The third kappa shape index (κ3) is 5.88. The molecule has 0 aromatic heterocycles. The van der Waals surface area contributed by atoms with E-state index in [0.717, 1.165) is 12.0 Å². The lowest BCUT2D eigenvalue weighted by atomic mass is 9.90. The lowest BCUT2D eigenvalue weighted by molar-refractivity contribution is -0.133. The zero-order chi connectivity index (χ0) is 22.8. The quantitative estimate of drug-likeness (QED) is 0.497. The van der Waals surface area contributed by atoms with Crippen LogP contribution in [0.25, 0.3) is 0 Å². The van der Waals surface area contributed by atoms with Crippen molar-refractivity contribution in [2.75, 3.05) is 19.7 Å². The van der Waals surface area contributed by atoms with Gasteiger partial charge in [0.25, 0.3) is 5.92 Å². The van der Waals surface area contributed by atoms with E-state index in [1.54, 1.807) is 0 Å². The van der Waals surface area contributed by atoms with Crippen LogP contribution in [0.2, 0.25) is 0 Å². The van der Waals surface area contributed by atoms with Gasteiger partial charge in [0.2, 0.25) is 11.8 Å². The molecule has 3 fully saturated rings. The number of alkyl halides is 2. The molecule has 0 bridgehead atoms. The van der Waals surface area contributed by atoms with Crippen LogP contribution in [0, 0.1) is 11.3 Å². The van der Waals surface area contributed by atoms with E-state index in [9.17, 15) is 23.2 Å². The second-order valence-electron chi connectivity index (χ2n) is 9.17. The molecular formula is C23H30ClF2N3O4. The number of Topliss-reactive ketones (excluding diaryl/α,β-unsaturated/α-hetero) is 1. The Morgan fingerprint density at radius 2 is 1.97 bits per heavy atom. The smallest absolute Gasteiger partial charge is 0.255 e. The van der Waals surface area contributed by atoms with Crippen molar-refractivity contribution in [1.29, 1.82) is 0 Å². The first-order valence-corrected chi connectivity index (χ1v) is 11.1. The van der Waals surface area contributed by atoms with Crippen LogP contribution in [0.5, 0.6) is 0 Å². The van der Waals surface area contributed by atoms with Crippen molar-refractivity contribution in [3.63, 3.8) is 0 Å². The average Bonchev–Trinajstić information content (AvgIpc) is 3.08. The molecule has 1 aromatic carbocycles. The highest BCUT2D eigenvalue weighted by Gasteiger charge is 2.73. The SMILES string of the molecule is Cl.O=C1NCCC[C@H]1C[C@H](NC(=O)[C@@H]1C[C@@]2(CN1)CC2(F)F)C(=O)COCc1ccccc1. The van der Waals surface area contributed by atoms with Gasteiger partial charge in [0.05, 0.1) is 24.1 Å². The molecule has 4 rings (SSSR count). The predicted molar refractivity (Wildman–Crippen MR) is 119 cm³/mol. The fourth-order valence-electron chi connectivity index (χ4n) is 4.67. The highest BCUT2D eigenvalue weighted by molar-refractivity contribution is 5.92. The van der Waals surface area contributed by atoms with Crippen LogP contribution in [0.1, 0.15) is 37.7 Å². The number of benzene rings is 1. The first-order chi connectivity index (χ1) is 15.3. The zero-order valence-corrected chi connectivity index (χ0v) is 19.1. The standard InChI is InChI=1S/C23H29F2N3O4.ClH/c24-23(25)13-22(23)10-18(27-14-22)21(31)28-17(9-16-7-4-8-26-20(16)30)19(29)12-32-11-15-5-2-1-3-6-15;/h1-3,5-6,16-18,27H,4,7-14H2,(H,26,30)(H,28,31);1H/t16-,17-,18-,22-;/m0./s1. The van der Waals surface area contributed by atoms with Gasteiger partial charge in [0.15, 0.2) is 5.78 Å². The number of hydrogen-bond acceptors (Lipinski definition) is 5. The summed E-state index contributed by atoms with van der Waals surface area (Å²) in [6.45, 7) is 0.720. The second kappa shape index (κ2) is 10.4. The van der Waals surface area contributed by atoms with Gasteiger partial charge in [-0.05, 0) is 31.2 Å². The van der Waals surface area contributed by atoms with E-state index in [0.29, 0.717) is 13.0 Å². The molecule has 2 heterocycles. The fourth-order valence-corrected chi connectivity index (χ4v) is 4.67. The molecule has 33 heavy (non-hydrogen) atoms. The molecule has 1 spiro atoms. The van der Waals surface area contributed by atoms with Crippen LogP contribution in [0.3, 0.4) is 0 Å². The number of carbonyl (C=O) groups excluding carboxylic acids is 3. The Kier molecular flexibility index (Phi) is 8.08. The third-order valence-corrected chi connectivity index (χ3v) is 6.79. The van der Waals surface area contributed by atoms with E-state index < -0.39 is 29.3 Å². The highest BCUT2D eigenvalue weighted by atomic mass is 35.5. The molecule has 2 amide bonds. The van der Waals surface area contributed by atoms with E-state index in [1.165, 1.54) is 0 Å². The monoisotopic (exact) mass is 485 g/mol. The number of amides is 2. The van der Waals surface area contributed by atoms with Gasteiger partial charge < -0.3 is 20.7 Å². The van der Waals surface area contributed by atoms with Gasteiger partial charge in [-0.1, -0.05) is 30.3 Å². The number of ketones is 1. The van der Waals surface area contributed by atoms with Gasteiger partial charge in [-0.15, -0.1) is 12.4 Å². The Bertz CT molecular complexity index is 873. The van der Waals surface area contributed by atoms with Crippen LogP contribution in [-0.2, 0) is 25.7 Å². The average molecular weight is 486 g/mol. The maximum Gasteiger partial charge on any atom is 0.255 e. The minimum atomic E-state index is -2.74. The topological polar surface area (TPSA) is 96.5 Å². The first kappa shape index (κ1) is 25.5. The summed E-state index contributed by atoms with van der Waals surface area (Å²) in [6, 6.07) is 7.70. The van der Waals surface area contributed by atoms with Crippen molar-refractivity contribution in [2.45, 2.75) is 56.7 Å². The third-order valence-electron chi connectivity index (χ3n) is 6.79. The van der Waals surface area contributed by atoms with E-state index in [1.807, 2.05) is 30.3 Å². The molecule has 2 aliphatic heterocycles. The summed E-state index contributed by atoms with van der Waals surface area (Å²) in [7, 11) is 0. The molecule has 7 nitrogen and oxygen atoms in total. The molecule has 1 aromatic rings. The van der Waals surface area contributed by atoms with Gasteiger partial charge in [-0.2, -0.15) is 0 Å². The van der Waals surface area contributed by atoms with E-state index in [-0.39, 0.29) is 69.0 Å². The van der Waals surface area contributed by atoms with Gasteiger partial charge in [-0.25, -0.2) is 8.78 Å². The van der Waals surface area contributed by atoms with E-state index in [2.05, 4.69) is 16.0 Å². The van der Waals surface area contributed by atoms with Crippen LogP contribution in [0.4, 0.5) is 8.78 Å². The van der Waals surface area contributed by atoms with E-state index in [4.69, 9.17) is 4.74 Å². The molecule has 2 saturated heterocycles. The summed E-state index contributed by atoms with van der Waals surface area (Å²) in [5.41, 5.74) is -0.227. The van der Waals surface area contributed by atoms with Gasteiger partial charge in [-0.3, -0.25) is 14.4 Å². The van der Waals surface area contributed by atoms with Crippen LogP contribution < -0.4 is 16.0 Å². The minimum Gasteiger partial charge on any atom is -0.369 e. The van der Waals surface area contributed by atoms with Crippen LogP contribution >= 0.6 is 12.4 Å². The second-order valence-corrected chi connectivity index (χ2v) is 9.17. The molecule has 182 valence electrons. The Labute approximate surface area is 197 Å². The van der Waals surface area contributed by atoms with Crippen molar-refractivity contribution in [2.24, 2.45) is 11.3 Å². The molecule has 1 saturated carbocycles. The summed E-state index contributed by atoms with van der Waals surface area (Å²) in [6.07, 6.45) is 1.43. The van der Waals surface area contributed by atoms with Gasteiger partial charge >= 0.3 is 0 Å². The fraction of sp³-hybridized carbons (Fsp3) is 0.609. The molecule has 3 aliphatic rings. The molecule has 10 heteroatoms. The number of ether oxygens (including phenoxy) is 1. The van der Waals surface area contributed by atoms with Crippen molar-refractivity contribution < 1.29 is 27.9 Å². The number of rotatable bonds is 9. The van der Waals surface area contributed by atoms with Crippen molar-refractivity contribution in [3.8, 4) is 0 Å². The number of carbonyl (C=O) groups is 3. The molecular weight excluding hydrogens is 456 g/mol. The number of piperidine rings is 1. The maximum atomic E-state index is 13.7. The molecule has 4 atom stereocenters. The molecule has 0 radical (unpaired) electrons. The summed E-state index contributed by atoms with van der Waals surface area (Å²) in [5.74, 6) is -4.08. The van der Waals surface area contributed by atoms with Gasteiger partial charge in [0, 0.05) is 25.4 Å². The summed E-state index contributed by atoms with van der Waals surface area (Å²) >= 11 is 0. The lowest BCUT2D eigenvalue weighted by Gasteiger charge is -2.27. The van der Waals surface area contributed by atoms with Crippen LogP contribution in [-0.4, -0.2) is 55.3 Å². The molecule has 0 unspecified atom stereocenters. The normalized spacial score (nSPS) is 28.5. The largest absolute Gasteiger partial charge is 0.369 e. The van der Waals surface area contributed by atoms with E-state index >= 15 is 0 Å². The Morgan fingerprint density at radius 3 is 2.61 bits per heavy atom. The summed E-state index contributed by atoms with van der Waals surface area (Å²) in [4.78, 5) is 37.9. The molecule has 1 aliphatic carbocycles. The van der Waals surface area contributed by atoms with Crippen molar-refractivity contribution in [3.05, 3.63) is 35.9 Å². The Balaban J connectivity index is 0.00000306. The van der Waals surface area contributed by atoms with Gasteiger partial charge in [0.1, 0.15) is 6.61 Å². The highest BCUT2D eigenvalue weighted by Crippen LogP contribution is 2.64. The minimum absolute atomic E-state index is 0. The van der Waals surface area contributed by atoms with Crippen LogP contribution in [0.15, 0.2) is 30.3 Å². The lowest BCUT2D eigenvalue weighted by Crippen LogP contribution is -2.51. The first-order valence-electron chi connectivity index (χ1n) is 11.1. The van der Waals surface area contributed by atoms with Crippen molar-refractivity contribution >= 4 is 30.0 Å². The summed E-state index contributed by atoms with van der Waals surface area (Å²) in [5, 5.41) is 8.37. The predicted octanol–water partition coefficient (Wildman–Crippen LogP) is 1.98. The number of hydrogen-bond donors (Lipinski definition) is 3. The molecule has 3 N–H and O–H groups in total. The Morgan fingerprint density at radius 1 is 1.24 bits per heavy atom. The number of nitrogens with one attached hydrogen (secondary N) is 3. The number of halogens is 3. The summed E-state index contributed by atoms with van der Waals surface area (Å²) < 4.78 is 32.9. The zero-order valence-electron chi connectivity index (χ0n) is 18.3.